The maximum absolute atomic E-state index is 13.1. The number of para-hydroxylation sites is 1. The summed E-state index contributed by atoms with van der Waals surface area (Å²) in [6.07, 6.45) is 0.874. The topological polar surface area (TPSA) is 84.9 Å². The Balaban J connectivity index is 1.65. The zero-order valence-corrected chi connectivity index (χ0v) is 19.4. The maximum atomic E-state index is 13.1. The lowest BCUT2D eigenvalue weighted by atomic mass is 9.96. The monoisotopic (exact) mass is 466 g/mol. The van der Waals surface area contributed by atoms with Crippen molar-refractivity contribution in [3.8, 4) is 11.5 Å². The molecule has 0 spiro atoms. The highest BCUT2D eigenvalue weighted by atomic mass is 35.5. The van der Waals surface area contributed by atoms with E-state index in [2.05, 4.69) is 5.32 Å². The molecule has 0 saturated carbocycles. The molecule has 9 heteroatoms. The molecule has 0 bridgehead atoms. The van der Waals surface area contributed by atoms with Crippen LogP contribution in [0, 0.1) is 5.92 Å². The lowest BCUT2D eigenvalue weighted by Gasteiger charge is -2.31. The van der Waals surface area contributed by atoms with Gasteiger partial charge in [-0.15, -0.1) is 0 Å². The minimum Gasteiger partial charge on any atom is -0.496 e. The smallest absolute Gasteiger partial charge is 0.246 e. The number of piperidine rings is 1. The molecule has 1 N–H and O–H groups in total. The van der Waals surface area contributed by atoms with Crippen LogP contribution in [-0.2, 0) is 14.8 Å². The Morgan fingerprint density at radius 1 is 1.10 bits per heavy atom. The second-order valence-electron chi connectivity index (χ2n) is 7.45. The Hall–Kier alpha value is -2.29. The number of carbonyl (C=O) groups is 1. The number of carbonyl (C=O) groups excluding carboxylic acids is 1. The fraction of sp³-hybridized carbons (Fsp3) is 0.409. The van der Waals surface area contributed by atoms with Crippen molar-refractivity contribution in [1.82, 2.24) is 9.62 Å². The van der Waals surface area contributed by atoms with Crippen LogP contribution in [0.4, 0.5) is 0 Å². The van der Waals surface area contributed by atoms with Gasteiger partial charge in [-0.3, -0.25) is 4.79 Å². The van der Waals surface area contributed by atoms with Crippen molar-refractivity contribution < 1.29 is 22.7 Å². The van der Waals surface area contributed by atoms with E-state index in [1.165, 1.54) is 23.5 Å². The predicted molar refractivity (Wildman–Crippen MR) is 119 cm³/mol. The summed E-state index contributed by atoms with van der Waals surface area (Å²) < 4.78 is 38.2. The number of nitrogens with one attached hydrogen (secondary N) is 1. The third kappa shape index (κ3) is 5.14. The molecule has 0 aliphatic carbocycles. The fourth-order valence-corrected chi connectivity index (χ4v) is 5.67. The van der Waals surface area contributed by atoms with Gasteiger partial charge in [0.15, 0.2) is 0 Å². The third-order valence-corrected chi connectivity index (χ3v) is 7.69. The first-order valence-electron chi connectivity index (χ1n) is 10.0. The standard InChI is InChI=1S/C22H27ClN2O5S/c1-15(18-6-4-5-7-19(18)29-2)24-22(26)16-10-12-25(13-11-16)31(27,28)21-14-17(23)8-9-20(21)30-3/h4-9,14-16H,10-13H2,1-3H3,(H,24,26)/t15-/m1/s1. The first kappa shape index (κ1) is 23.4. The molecule has 0 radical (unpaired) electrons. The molecular formula is C22H27ClN2O5S. The summed E-state index contributed by atoms with van der Waals surface area (Å²) in [5, 5.41) is 3.35. The van der Waals surface area contributed by atoms with E-state index in [1.807, 2.05) is 31.2 Å². The summed E-state index contributed by atoms with van der Waals surface area (Å²) in [5.74, 6) is 0.613. The van der Waals surface area contributed by atoms with Crippen molar-refractivity contribution in [3.63, 3.8) is 0 Å². The summed E-state index contributed by atoms with van der Waals surface area (Å²) >= 11 is 6.00. The number of hydrogen-bond donors (Lipinski definition) is 1. The van der Waals surface area contributed by atoms with Crippen LogP contribution < -0.4 is 14.8 Å². The highest BCUT2D eigenvalue weighted by Crippen LogP contribution is 2.32. The van der Waals surface area contributed by atoms with Gasteiger partial charge in [-0.1, -0.05) is 29.8 Å². The van der Waals surface area contributed by atoms with Crippen molar-refractivity contribution in [3.05, 3.63) is 53.1 Å². The third-order valence-electron chi connectivity index (χ3n) is 5.53. The van der Waals surface area contributed by atoms with Crippen molar-refractivity contribution in [1.29, 1.82) is 0 Å². The van der Waals surface area contributed by atoms with Crippen LogP contribution in [0.1, 0.15) is 31.4 Å². The molecule has 3 rings (SSSR count). The van der Waals surface area contributed by atoms with Gasteiger partial charge in [-0.25, -0.2) is 8.42 Å². The number of ether oxygens (including phenoxy) is 2. The second-order valence-corrected chi connectivity index (χ2v) is 9.79. The molecular weight excluding hydrogens is 440 g/mol. The van der Waals surface area contributed by atoms with Gasteiger partial charge in [0.05, 0.1) is 20.3 Å². The molecule has 2 aromatic carbocycles. The van der Waals surface area contributed by atoms with Crippen molar-refractivity contribution in [2.24, 2.45) is 5.92 Å². The predicted octanol–water partition coefficient (Wildman–Crippen LogP) is 3.64. The van der Waals surface area contributed by atoms with Crippen LogP contribution in [0.25, 0.3) is 0 Å². The van der Waals surface area contributed by atoms with E-state index < -0.39 is 10.0 Å². The van der Waals surface area contributed by atoms with Crippen LogP contribution in [0.2, 0.25) is 5.02 Å². The largest absolute Gasteiger partial charge is 0.496 e. The summed E-state index contributed by atoms with van der Waals surface area (Å²) in [7, 11) is -0.762. The van der Waals surface area contributed by atoms with Crippen molar-refractivity contribution in [2.75, 3.05) is 27.3 Å². The van der Waals surface area contributed by atoms with Gasteiger partial charge in [0.2, 0.25) is 15.9 Å². The Bertz CT molecular complexity index is 1040. The van der Waals surface area contributed by atoms with Gasteiger partial charge in [0, 0.05) is 29.6 Å². The molecule has 1 aliphatic rings. The minimum atomic E-state index is -3.78. The summed E-state index contributed by atoms with van der Waals surface area (Å²) in [6.45, 7) is 2.40. The highest BCUT2D eigenvalue weighted by molar-refractivity contribution is 7.89. The van der Waals surface area contributed by atoms with E-state index in [0.29, 0.717) is 23.6 Å². The number of sulfonamides is 1. The molecule has 7 nitrogen and oxygen atoms in total. The molecule has 1 fully saturated rings. The Morgan fingerprint density at radius 2 is 1.74 bits per heavy atom. The zero-order chi connectivity index (χ0) is 22.6. The average Bonchev–Trinajstić information content (AvgIpc) is 2.79. The van der Waals surface area contributed by atoms with E-state index in [9.17, 15) is 13.2 Å². The van der Waals surface area contributed by atoms with Gasteiger partial charge in [0.1, 0.15) is 16.4 Å². The quantitative estimate of drug-likeness (QED) is 0.673. The fourth-order valence-electron chi connectivity index (χ4n) is 3.78. The number of hydrogen-bond acceptors (Lipinski definition) is 5. The molecule has 0 aromatic heterocycles. The molecule has 1 heterocycles. The Kier molecular flexibility index (Phi) is 7.46. The van der Waals surface area contributed by atoms with Crippen molar-refractivity contribution in [2.45, 2.75) is 30.7 Å². The molecule has 1 amide bonds. The van der Waals surface area contributed by atoms with E-state index in [1.54, 1.807) is 13.2 Å². The average molecular weight is 467 g/mol. The molecule has 31 heavy (non-hydrogen) atoms. The number of methoxy groups -OCH3 is 2. The highest BCUT2D eigenvalue weighted by Gasteiger charge is 2.34. The lowest BCUT2D eigenvalue weighted by molar-refractivity contribution is -0.126. The van der Waals surface area contributed by atoms with Gasteiger partial charge < -0.3 is 14.8 Å². The first-order valence-corrected chi connectivity index (χ1v) is 11.9. The number of rotatable bonds is 7. The van der Waals surface area contributed by atoms with E-state index >= 15 is 0 Å². The van der Waals surface area contributed by atoms with Crippen LogP contribution in [0.15, 0.2) is 47.4 Å². The summed E-state index contributed by atoms with van der Waals surface area (Å²) in [5.41, 5.74) is 0.895. The minimum absolute atomic E-state index is 0.0372. The van der Waals surface area contributed by atoms with Crippen molar-refractivity contribution >= 4 is 27.5 Å². The maximum Gasteiger partial charge on any atom is 0.246 e. The number of amides is 1. The van der Waals surface area contributed by atoms with Gasteiger partial charge in [0.25, 0.3) is 0 Å². The molecule has 1 atom stereocenters. The van der Waals surface area contributed by atoms with Crippen LogP contribution in [-0.4, -0.2) is 45.9 Å². The van der Waals surface area contributed by atoms with E-state index in [-0.39, 0.29) is 41.6 Å². The lowest BCUT2D eigenvalue weighted by Crippen LogP contribution is -2.43. The first-order chi connectivity index (χ1) is 14.8. The van der Waals surface area contributed by atoms with Crippen LogP contribution in [0.3, 0.4) is 0 Å². The van der Waals surface area contributed by atoms with Crippen LogP contribution in [0.5, 0.6) is 11.5 Å². The van der Waals surface area contributed by atoms with Gasteiger partial charge in [-0.2, -0.15) is 4.31 Å². The molecule has 2 aromatic rings. The SMILES string of the molecule is COc1ccccc1[C@@H](C)NC(=O)C1CCN(S(=O)(=O)c2cc(Cl)ccc2OC)CC1. The number of nitrogens with zero attached hydrogens (tertiary/aromatic N) is 1. The van der Waals surface area contributed by atoms with E-state index in [4.69, 9.17) is 21.1 Å². The second kappa shape index (κ2) is 9.89. The van der Waals surface area contributed by atoms with Crippen LogP contribution >= 0.6 is 11.6 Å². The molecule has 1 aliphatic heterocycles. The molecule has 0 unspecified atom stereocenters. The summed E-state index contributed by atoms with van der Waals surface area (Å²) in [4.78, 5) is 12.8. The Morgan fingerprint density at radius 3 is 2.39 bits per heavy atom. The number of benzene rings is 2. The van der Waals surface area contributed by atoms with E-state index in [0.717, 1.165) is 5.56 Å². The Labute approximate surface area is 188 Å². The van der Waals surface area contributed by atoms with Gasteiger partial charge >= 0.3 is 0 Å². The molecule has 1 saturated heterocycles. The normalized spacial score (nSPS) is 16.5. The summed E-state index contributed by atoms with van der Waals surface area (Å²) in [6, 6.07) is 11.8. The number of halogens is 1. The molecule has 168 valence electrons. The van der Waals surface area contributed by atoms with Gasteiger partial charge in [-0.05, 0) is 44.0 Å². The zero-order valence-electron chi connectivity index (χ0n) is 17.8.